The van der Waals surface area contributed by atoms with Crippen molar-refractivity contribution in [1.29, 1.82) is 0 Å². The lowest BCUT2D eigenvalue weighted by molar-refractivity contribution is -0.150. The maximum atomic E-state index is 12.0. The zero-order chi connectivity index (χ0) is 13.5. The van der Waals surface area contributed by atoms with Gasteiger partial charge in [0.2, 0.25) is 5.96 Å². The highest BCUT2D eigenvalue weighted by Crippen LogP contribution is 2.35. The number of carbonyl (C=O) groups is 2. The van der Waals surface area contributed by atoms with E-state index in [4.69, 9.17) is 10.5 Å². The average molecular weight is 267 g/mol. The Morgan fingerprint density at radius 3 is 2.72 bits per heavy atom. The smallest absolute Gasteiger partial charge is 0.336 e. The van der Waals surface area contributed by atoms with E-state index >= 15 is 0 Å². The largest absolute Gasteiger partial charge is 0.457 e. The van der Waals surface area contributed by atoms with Gasteiger partial charge in [0.15, 0.2) is 0 Å². The van der Waals surface area contributed by atoms with Crippen LogP contribution < -0.4 is 5.73 Å². The van der Waals surface area contributed by atoms with E-state index in [0.717, 1.165) is 0 Å². The first-order chi connectivity index (χ1) is 8.28. The Morgan fingerprint density at radius 1 is 1.44 bits per heavy atom. The summed E-state index contributed by atoms with van der Waals surface area (Å²) in [5.74, 6) is -1.82. The van der Waals surface area contributed by atoms with Gasteiger partial charge in [0.05, 0.1) is 10.6 Å². The molecule has 0 spiro atoms. The van der Waals surface area contributed by atoms with Crippen molar-refractivity contribution in [1.82, 2.24) is 0 Å². The zero-order valence-corrected chi connectivity index (χ0v) is 11.1. The predicted molar refractivity (Wildman–Crippen MR) is 69.1 cm³/mol. The van der Waals surface area contributed by atoms with E-state index in [1.807, 2.05) is 0 Å². The van der Waals surface area contributed by atoms with Gasteiger partial charge in [-0.15, -0.1) is 0 Å². The van der Waals surface area contributed by atoms with Crippen molar-refractivity contribution >= 4 is 34.6 Å². The minimum absolute atomic E-state index is 0.0717. The molecule has 0 fully saturated rings. The van der Waals surface area contributed by atoms with Gasteiger partial charge >= 0.3 is 5.97 Å². The predicted octanol–water partition coefficient (Wildman–Crippen LogP) is 0.828. The molecule has 6 nitrogen and oxygen atoms in total. The third-order valence-electron chi connectivity index (χ3n) is 2.20. The van der Waals surface area contributed by atoms with Gasteiger partial charge in [0, 0.05) is 0 Å². The van der Waals surface area contributed by atoms with Crippen LogP contribution in [0.3, 0.4) is 0 Å². The molecule has 18 heavy (non-hydrogen) atoms. The Balaban J connectivity index is 2.21. The number of guanidine groups is 1. The molecule has 0 aromatic carbocycles. The van der Waals surface area contributed by atoms with E-state index in [0.29, 0.717) is 5.04 Å². The van der Waals surface area contributed by atoms with E-state index in [2.05, 4.69) is 9.98 Å². The van der Waals surface area contributed by atoms with Gasteiger partial charge in [-0.05, 0) is 26.2 Å². The Kier molecular flexibility index (Phi) is 3.02. The lowest BCUT2D eigenvalue weighted by Gasteiger charge is -2.21. The van der Waals surface area contributed by atoms with E-state index in [1.54, 1.807) is 26.2 Å². The summed E-state index contributed by atoms with van der Waals surface area (Å²) in [6.07, 6.45) is 0. The summed E-state index contributed by atoms with van der Waals surface area (Å²) in [6.45, 7) is 5.30. The molecular weight excluding hydrogens is 254 g/mol. The van der Waals surface area contributed by atoms with Crippen LogP contribution in [0.2, 0.25) is 0 Å². The molecule has 2 aliphatic heterocycles. The molecule has 0 bridgehead atoms. The number of esters is 1. The van der Waals surface area contributed by atoms with Crippen molar-refractivity contribution in [2.75, 3.05) is 0 Å². The lowest BCUT2D eigenvalue weighted by Crippen LogP contribution is -2.33. The Morgan fingerprint density at radius 2 is 2.11 bits per heavy atom. The van der Waals surface area contributed by atoms with Crippen molar-refractivity contribution in [3.63, 3.8) is 0 Å². The Bertz CT molecular complexity index is 514. The van der Waals surface area contributed by atoms with Crippen LogP contribution >= 0.6 is 11.8 Å². The van der Waals surface area contributed by atoms with Crippen LogP contribution in [0.25, 0.3) is 0 Å². The summed E-state index contributed by atoms with van der Waals surface area (Å²) < 4.78 is 5.24. The molecule has 2 N–H and O–H groups in total. The van der Waals surface area contributed by atoms with Crippen molar-refractivity contribution in [2.45, 2.75) is 26.4 Å². The number of carbonyl (C=O) groups excluding carboxylic acids is 2. The number of amides is 1. The molecule has 0 aromatic rings. The third kappa shape index (κ3) is 2.45. The van der Waals surface area contributed by atoms with Crippen molar-refractivity contribution in [2.24, 2.45) is 21.6 Å². The Labute approximate surface area is 108 Å². The van der Waals surface area contributed by atoms with Gasteiger partial charge in [-0.25, -0.2) is 9.79 Å². The number of nitrogens with zero attached hydrogens (tertiary/aromatic N) is 2. The standard InChI is InChI=1S/C11H13N3O3S/c1-11(2,3)17-9(16)5-4-18-8-6(5)7(15)13-10(12)14-8/h4,6H,1-3H3,(H2,12,13,15)/t6-/m1/s1. The van der Waals surface area contributed by atoms with Gasteiger partial charge < -0.3 is 10.5 Å². The molecule has 0 unspecified atom stereocenters. The number of thioether (sulfide) groups is 1. The van der Waals surface area contributed by atoms with Crippen molar-refractivity contribution in [3.8, 4) is 0 Å². The van der Waals surface area contributed by atoms with Crippen LogP contribution in [0.1, 0.15) is 20.8 Å². The fourth-order valence-corrected chi connectivity index (χ4v) is 2.53. The summed E-state index contributed by atoms with van der Waals surface area (Å²) in [5.41, 5.74) is 5.06. The number of aliphatic imine (C=N–C) groups is 2. The van der Waals surface area contributed by atoms with E-state index in [1.165, 1.54) is 11.8 Å². The summed E-state index contributed by atoms with van der Waals surface area (Å²) >= 11 is 1.20. The topological polar surface area (TPSA) is 94.1 Å². The second-order valence-electron chi connectivity index (χ2n) is 4.88. The minimum Gasteiger partial charge on any atom is -0.457 e. The van der Waals surface area contributed by atoms with Crippen LogP contribution in [-0.2, 0) is 14.3 Å². The number of rotatable bonds is 1. The highest BCUT2D eigenvalue weighted by Gasteiger charge is 2.40. The highest BCUT2D eigenvalue weighted by atomic mass is 32.2. The van der Waals surface area contributed by atoms with E-state index in [9.17, 15) is 9.59 Å². The fraction of sp³-hybridized carbons (Fsp3) is 0.455. The summed E-state index contributed by atoms with van der Waals surface area (Å²) in [6, 6.07) is 0. The maximum absolute atomic E-state index is 12.0. The van der Waals surface area contributed by atoms with Crippen LogP contribution in [-0.4, -0.2) is 28.5 Å². The molecule has 2 aliphatic rings. The first-order valence-electron chi connectivity index (χ1n) is 5.34. The van der Waals surface area contributed by atoms with Gasteiger partial charge in [-0.1, -0.05) is 11.8 Å². The normalized spacial score (nSPS) is 22.9. The number of nitrogens with two attached hydrogens (primary N) is 1. The van der Waals surface area contributed by atoms with Gasteiger partial charge in [0.1, 0.15) is 11.5 Å². The van der Waals surface area contributed by atoms with Crippen molar-refractivity contribution < 1.29 is 14.3 Å². The molecule has 0 aliphatic carbocycles. The lowest BCUT2D eigenvalue weighted by atomic mass is 10.0. The number of fused-ring (bicyclic) bond motifs is 1. The molecule has 2 heterocycles. The Hall–Kier alpha value is -1.63. The molecule has 0 aromatic heterocycles. The SMILES string of the molecule is CC(C)(C)OC(=O)C1=CSC2=NC(N)=NC(=O)[C@@H]12. The summed E-state index contributed by atoms with van der Waals surface area (Å²) in [4.78, 5) is 31.2. The van der Waals surface area contributed by atoms with Crippen LogP contribution in [0.5, 0.6) is 0 Å². The van der Waals surface area contributed by atoms with Gasteiger partial charge in [-0.3, -0.25) is 4.79 Å². The number of hydrogen-bond acceptors (Lipinski definition) is 6. The first kappa shape index (κ1) is 12.8. The quantitative estimate of drug-likeness (QED) is 0.710. The van der Waals surface area contributed by atoms with Crippen LogP contribution in [0, 0.1) is 5.92 Å². The van der Waals surface area contributed by atoms with Crippen LogP contribution in [0.4, 0.5) is 0 Å². The summed E-state index contributed by atoms with van der Waals surface area (Å²) in [7, 11) is 0. The van der Waals surface area contributed by atoms with Crippen LogP contribution in [0.15, 0.2) is 21.0 Å². The second kappa shape index (κ2) is 4.24. The minimum atomic E-state index is -0.753. The molecule has 0 radical (unpaired) electrons. The summed E-state index contributed by atoms with van der Waals surface area (Å²) in [5, 5.41) is 2.05. The van der Waals surface area contributed by atoms with Gasteiger partial charge in [-0.2, -0.15) is 4.99 Å². The maximum Gasteiger partial charge on any atom is 0.336 e. The second-order valence-corrected chi connectivity index (χ2v) is 5.77. The molecule has 2 rings (SSSR count). The fourth-order valence-electron chi connectivity index (χ4n) is 1.54. The highest BCUT2D eigenvalue weighted by molar-refractivity contribution is 8.17. The molecule has 1 amide bonds. The van der Waals surface area contributed by atoms with E-state index in [-0.39, 0.29) is 11.5 Å². The number of ether oxygens (including phenoxy) is 1. The monoisotopic (exact) mass is 267 g/mol. The molecule has 7 heteroatoms. The van der Waals surface area contributed by atoms with Gasteiger partial charge in [0.25, 0.3) is 5.91 Å². The molecule has 1 atom stereocenters. The zero-order valence-electron chi connectivity index (χ0n) is 10.3. The molecule has 96 valence electrons. The van der Waals surface area contributed by atoms with Crippen molar-refractivity contribution in [3.05, 3.63) is 11.0 Å². The first-order valence-corrected chi connectivity index (χ1v) is 6.22. The van der Waals surface area contributed by atoms with E-state index < -0.39 is 23.4 Å². The third-order valence-corrected chi connectivity index (χ3v) is 3.14. The number of hydrogen-bond donors (Lipinski definition) is 1. The molecule has 0 saturated heterocycles. The average Bonchev–Trinajstić information content (AvgIpc) is 2.58. The molecular formula is C11H13N3O3S. The molecule has 0 saturated carbocycles.